The molecule has 8 heteroatoms. The van der Waals surface area contributed by atoms with Crippen molar-refractivity contribution in [3.63, 3.8) is 0 Å². The molecule has 0 aliphatic carbocycles. The van der Waals surface area contributed by atoms with Crippen LogP contribution in [0.5, 0.6) is 0 Å². The number of hydrogen-bond acceptors (Lipinski definition) is 4. The summed E-state index contributed by atoms with van der Waals surface area (Å²) in [5.41, 5.74) is 0. The molecule has 0 aliphatic rings. The van der Waals surface area contributed by atoms with Gasteiger partial charge in [0.25, 0.3) is 9.05 Å². The Morgan fingerprint density at radius 2 is 1.83 bits per heavy atom. The van der Waals surface area contributed by atoms with Crippen molar-refractivity contribution >= 4 is 29.8 Å². The second-order valence-electron chi connectivity index (χ2n) is 3.38. The summed E-state index contributed by atoms with van der Waals surface area (Å²) in [4.78, 5) is -0.457. The minimum absolute atomic E-state index is 0.111. The van der Waals surface area contributed by atoms with Crippen LogP contribution in [0.1, 0.15) is 0 Å². The molecular weight excluding hydrogens is 298 g/mol. The lowest BCUT2D eigenvalue weighted by Crippen LogP contribution is -2.27. The first-order chi connectivity index (χ1) is 8.19. The number of sulfonamides is 1. The molecule has 1 rings (SSSR count). The molecule has 0 radical (unpaired) electrons. The van der Waals surface area contributed by atoms with Gasteiger partial charge in [0.1, 0.15) is 0 Å². The quantitative estimate of drug-likeness (QED) is 0.611. The zero-order valence-electron chi connectivity index (χ0n) is 9.37. The number of halogens is 1. The van der Waals surface area contributed by atoms with Crippen LogP contribution in [0.15, 0.2) is 34.1 Å². The summed E-state index contributed by atoms with van der Waals surface area (Å²) in [7, 11) is -1.34. The van der Waals surface area contributed by atoms with Crippen molar-refractivity contribution in [2.45, 2.75) is 9.79 Å². The molecule has 0 bridgehead atoms. The molecule has 0 N–H and O–H groups in total. The fraction of sp³-hybridized carbons (Fsp3) is 0.200. The molecule has 0 heterocycles. The number of benzene rings is 1. The summed E-state index contributed by atoms with van der Waals surface area (Å²) in [6, 6.07) is 4.77. The Morgan fingerprint density at radius 3 is 2.33 bits per heavy atom. The van der Waals surface area contributed by atoms with Gasteiger partial charge in [-0.1, -0.05) is 12.0 Å². The Hall–Kier alpha value is -1.07. The first kappa shape index (κ1) is 15.0. The van der Waals surface area contributed by atoms with Gasteiger partial charge >= 0.3 is 0 Å². The number of hydrogen-bond donors (Lipinski definition) is 0. The lowest BCUT2D eigenvalue weighted by Gasteiger charge is -2.14. The van der Waals surface area contributed by atoms with E-state index in [1.807, 2.05) is 0 Å². The Bertz CT molecular complexity index is 689. The number of rotatable bonds is 4. The molecular formula is C10H10ClNO4S2. The Labute approximate surface area is 111 Å². The summed E-state index contributed by atoms with van der Waals surface area (Å²) in [5, 5.41) is 0. The Morgan fingerprint density at radius 1 is 1.28 bits per heavy atom. The highest BCUT2D eigenvalue weighted by Gasteiger charge is 2.22. The molecule has 0 fully saturated rings. The molecule has 0 saturated carbocycles. The van der Waals surface area contributed by atoms with Crippen molar-refractivity contribution in [1.29, 1.82) is 0 Å². The third-order valence-electron chi connectivity index (χ3n) is 2.11. The van der Waals surface area contributed by atoms with Gasteiger partial charge in [0, 0.05) is 17.7 Å². The van der Waals surface area contributed by atoms with Gasteiger partial charge in [0.2, 0.25) is 10.0 Å². The third-order valence-corrected chi connectivity index (χ3v) is 5.26. The topological polar surface area (TPSA) is 71.5 Å². The van der Waals surface area contributed by atoms with E-state index in [1.54, 1.807) is 0 Å². The Balaban J connectivity index is 3.32. The van der Waals surface area contributed by atoms with Crippen LogP contribution < -0.4 is 0 Å². The first-order valence-electron chi connectivity index (χ1n) is 4.64. The first-order valence-corrected chi connectivity index (χ1v) is 8.39. The lowest BCUT2D eigenvalue weighted by atomic mass is 10.4. The molecule has 98 valence electrons. The Kier molecular flexibility index (Phi) is 4.40. The van der Waals surface area contributed by atoms with Crippen molar-refractivity contribution in [2.75, 3.05) is 13.6 Å². The normalized spacial score (nSPS) is 12.3. The highest BCUT2D eigenvalue weighted by Crippen LogP contribution is 2.20. The SMILES string of the molecule is C#CCN(C)S(=O)(=O)c1cccc(S(=O)(=O)Cl)c1. The van der Waals surface area contributed by atoms with Crippen molar-refractivity contribution in [1.82, 2.24) is 4.31 Å². The molecule has 0 aromatic heterocycles. The van der Waals surface area contributed by atoms with Crippen molar-refractivity contribution in [3.8, 4) is 12.3 Å². The molecule has 0 aliphatic heterocycles. The summed E-state index contributed by atoms with van der Waals surface area (Å²) in [6.07, 6.45) is 5.03. The van der Waals surface area contributed by atoms with E-state index < -0.39 is 19.1 Å². The summed E-state index contributed by atoms with van der Waals surface area (Å²) < 4.78 is 47.2. The fourth-order valence-electron chi connectivity index (χ4n) is 1.18. The van der Waals surface area contributed by atoms with Crippen molar-refractivity contribution in [3.05, 3.63) is 24.3 Å². The molecule has 5 nitrogen and oxygen atoms in total. The highest BCUT2D eigenvalue weighted by molar-refractivity contribution is 8.13. The van der Waals surface area contributed by atoms with Crippen LogP contribution in [0.3, 0.4) is 0 Å². The minimum atomic E-state index is -3.97. The van der Waals surface area contributed by atoms with Crippen LogP contribution in [-0.4, -0.2) is 34.7 Å². The average molecular weight is 308 g/mol. The van der Waals surface area contributed by atoms with Gasteiger partial charge in [-0.25, -0.2) is 16.8 Å². The van der Waals surface area contributed by atoms with E-state index in [-0.39, 0.29) is 16.3 Å². The van der Waals surface area contributed by atoms with Gasteiger partial charge in [-0.2, -0.15) is 4.31 Å². The maximum Gasteiger partial charge on any atom is 0.261 e. The summed E-state index contributed by atoms with van der Waals surface area (Å²) >= 11 is 0. The van der Waals surface area contributed by atoms with Gasteiger partial charge in [0.05, 0.1) is 16.3 Å². The zero-order chi connectivity index (χ0) is 14.0. The zero-order valence-corrected chi connectivity index (χ0v) is 11.8. The highest BCUT2D eigenvalue weighted by atomic mass is 35.7. The predicted molar refractivity (Wildman–Crippen MR) is 68.1 cm³/mol. The van der Waals surface area contributed by atoms with Crippen LogP contribution in [0.2, 0.25) is 0 Å². The van der Waals surface area contributed by atoms with E-state index in [4.69, 9.17) is 17.1 Å². The maximum absolute atomic E-state index is 12.0. The van der Waals surface area contributed by atoms with Crippen LogP contribution in [0.4, 0.5) is 0 Å². The molecule has 0 spiro atoms. The van der Waals surface area contributed by atoms with E-state index in [2.05, 4.69) is 5.92 Å². The van der Waals surface area contributed by atoms with E-state index in [9.17, 15) is 16.8 Å². The van der Waals surface area contributed by atoms with Gasteiger partial charge < -0.3 is 0 Å². The minimum Gasteiger partial charge on any atom is -0.207 e. The second kappa shape index (κ2) is 5.28. The maximum atomic E-state index is 12.0. The molecule has 18 heavy (non-hydrogen) atoms. The lowest BCUT2D eigenvalue weighted by molar-refractivity contribution is 0.503. The monoisotopic (exact) mass is 307 g/mol. The smallest absolute Gasteiger partial charge is 0.207 e. The van der Waals surface area contributed by atoms with Crippen LogP contribution in [0.25, 0.3) is 0 Å². The molecule has 0 amide bonds. The van der Waals surface area contributed by atoms with Gasteiger partial charge in [-0.3, -0.25) is 0 Å². The van der Waals surface area contributed by atoms with Crippen LogP contribution >= 0.6 is 10.7 Å². The molecule has 0 atom stereocenters. The van der Waals surface area contributed by atoms with E-state index in [0.29, 0.717) is 0 Å². The molecule has 0 unspecified atom stereocenters. The van der Waals surface area contributed by atoms with Gasteiger partial charge in [-0.05, 0) is 18.2 Å². The standard InChI is InChI=1S/C10H10ClNO4S2/c1-3-7-12(2)18(15,16)10-6-4-5-9(8-10)17(11,13)14/h1,4-6,8H,7H2,2H3. The molecule has 1 aromatic rings. The summed E-state index contributed by atoms with van der Waals surface area (Å²) in [6.45, 7) is -0.111. The second-order valence-corrected chi connectivity index (χ2v) is 7.99. The molecule has 0 saturated heterocycles. The van der Waals surface area contributed by atoms with E-state index >= 15 is 0 Å². The fourth-order valence-corrected chi connectivity index (χ4v) is 3.18. The van der Waals surface area contributed by atoms with Gasteiger partial charge in [0.15, 0.2) is 0 Å². The number of nitrogens with zero attached hydrogens (tertiary/aromatic N) is 1. The van der Waals surface area contributed by atoms with E-state index in [1.165, 1.54) is 25.2 Å². The summed E-state index contributed by atoms with van der Waals surface area (Å²) in [5.74, 6) is 2.19. The molecule has 1 aromatic carbocycles. The largest absolute Gasteiger partial charge is 0.261 e. The van der Waals surface area contributed by atoms with E-state index in [0.717, 1.165) is 10.4 Å². The number of terminal acetylenes is 1. The van der Waals surface area contributed by atoms with Crippen LogP contribution in [0, 0.1) is 12.3 Å². The predicted octanol–water partition coefficient (Wildman–Crippen LogP) is 0.868. The van der Waals surface area contributed by atoms with Crippen molar-refractivity contribution in [2.24, 2.45) is 0 Å². The van der Waals surface area contributed by atoms with Crippen LogP contribution in [-0.2, 0) is 19.1 Å². The third kappa shape index (κ3) is 3.23. The van der Waals surface area contributed by atoms with Crippen molar-refractivity contribution < 1.29 is 16.8 Å². The average Bonchev–Trinajstić information content (AvgIpc) is 2.28. The van der Waals surface area contributed by atoms with Gasteiger partial charge in [-0.15, -0.1) is 6.42 Å².